The van der Waals surface area contributed by atoms with Gasteiger partial charge in [-0.3, -0.25) is 4.79 Å². The van der Waals surface area contributed by atoms with E-state index in [2.05, 4.69) is 19.9 Å². The highest BCUT2D eigenvalue weighted by Gasteiger charge is 2.28. The maximum absolute atomic E-state index is 12.6. The van der Waals surface area contributed by atoms with Gasteiger partial charge in [0.1, 0.15) is 5.60 Å². The summed E-state index contributed by atoms with van der Waals surface area (Å²) in [6, 6.07) is 7.87. The zero-order valence-electron chi connectivity index (χ0n) is 16.1. The summed E-state index contributed by atoms with van der Waals surface area (Å²) in [5.41, 5.74) is 0.516. The zero-order chi connectivity index (χ0) is 18.0. The maximum atomic E-state index is 12.6. The number of unbranched alkanes of at least 4 members (excludes halogenated alkanes) is 5. The highest BCUT2D eigenvalue weighted by Crippen LogP contribution is 2.31. The van der Waals surface area contributed by atoms with Gasteiger partial charge in [-0.25, -0.2) is 0 Å². The van der Waals surface area contributed by atoms with Gasteiger partial charge in [0.25, 0.3) is 0 Å². The van der Waals surface area contributed by atoms with Crippen LogP contribution in [0.25, 0.3) is 0 Å². The average Bonchev–Trinajstić information content (AvgIpc) is 2.55. The predicted molar refractivity (Wildman–Crippen MR) is 103 cm³/mol. The number of carbonyl (C=O) groups excluding carboxylic acids is 1. The first kappa shape index (κ1) is 20.9. The topological polar surface area (TPSA) is 37.3 Å². The molecule has 2 nitrogen and oxygen atoms in total. The summed E-state index contributed by atoms with van der Waals surface area (Å²) in [5.74, 6) is 0.255. The summed E-state index contributed by atoms with van der Waals surface area (Å²) in [5, 5.41) is 10.1. The average molecular weight is 333 g/mol. The van der Waals surface area contributed by atoms with Gasteiger partial charge in [-0.1, -0.05) is 83.1 Å². The van der Waals surface area contributed by atoms with E-state index in [-0.39, 0.29) is 5.78 Å². The van der Waals surface area contributed by atoms with Gasteiger partial charge in [-0.05, 0) is 38.2 Å². The molecule has 0 bridgehead atoms. The summed E-state index contributed by atoms with van der Waals surface area (Å²) in [7, 11) is 0. The quantitative estimate of drug-likeness (QED) is 0.361. The molecule has 24 heavy (non-hydrogen) atoms. The minimum Gasteiger partial charge on any atom is -0.382 e. The van der Waals surface area contributed by atoms with Crippen molar-refractivity contribution < 1.29 is 9.90 Å². The summed E-state index contributed by atoms with van der Waals surface area (Å²) < 4.78 is 0. The summed E-state index contributed by atoms with van der Waals surface area (Å²) >= 11 is 0. The lowest BCUT2D eigenvalue weighted by Crippen LogP contribution is -2.32. The molecular weight excluding hydrogens is 296 g/mol. The Hall–Kier alpha value is -1.15. The van der Waals surface area contributed by atoms with Crippen LogP contribution >= 0.6 is 0 Å². The van der Waals surface area contributed by atoms with Crippen LogP contribution in [-0.2, 0) is 0 Å². The highest BCUT2D eigenvalue weighted by atomic mass is 16.3. The van der Waals surface area contributed by atoms with Crippen LogP contribution in [0.1, 0.15) is 107 Å². The SMILES string of the molecule is CCCCCCCCC(CCC)c1ccccc1C(=O)C(C)(C)O. The third kappa shape index (κ3) is 6.76. The largest absolute Gasteiger partial charge is 0.382 e. The summed E-state index contributed by atoms with van der Waals surface area (Å²) in [6.45, 7) is 7.60. The van der Waals surface area contributed by atoms with Crippen molar-refractivity contribution in [1.82, 2.24) is 0 Å². The molecule has 0 radical (unpaired) electrons. The van der Waals surface area contributed by atoms with E-state index in [1.807, 2.05) is 18.2 Å². The van der Waals surface area contributed by atoms with E-state index in [1.54, 1.807) is 13.8 Å². The molecule has 1 N–H and O–H groups in total. The second-order valence-corrected chi connectivity index (χ2v) is 7.52. The Morgan fingerprint density at radius 1 is 0.958 bits per heavy atom. The highest BCUT2D eigenvalue weighted by molar-refractivity contribution is 6.03. The van der Waals surface area contributed by atoms with Crippen molar-refractivity contribution in [1.29, 1.82) is 0 Å². The monoisotopic (exact) mass is 332 g/mol. The Bertz CT molecular complexity index is 485. The molecule has 1 aromatic rings. The fraction of sp³-hybridized carbons (Fsp3) is 0.682. The molecule has 0 aliphatic carbocycles. The molecule has 0 aliphatic heterocycles. The Labute approximate surface area is 148 Å². The molecule has 0 amide bonds. The van der Waals surface area contributed by atoms with Gasteiger partial charge in [-0.2, -0.15) is 0 Å². The lowest BCUT2D eigenvalue weighted by atomic mass is 9.83. The number of rotatable bonds is 12. The van der Waals surface area contributed by atoms with E-state index in [0.29, 0.717) is 11.5 Å². The van der Waals surface area contributed by atoms with E-state index in [1.165, 1.54) is 38.5 Å². The van der Waals surface area contributed by atoms with Crippen LogP contribution in [0.2, 0.25) is 0 Å². The number of aliphatic hydroxyl groups is 1. The van der Waals surface area contributed by atoms with Crippen LogP contribution in [0.4, 0.5) is 0 Å². The van der Waals surface area contributed by atoms with Gasteiger partial charge in [0.15, 0.2) is 5.78 Å². The normalized spacial score (nSPS) is 13.0. The van der Waals surface area contributed by atoms with Crippen LogP contribution in [0.5, 0.6) is 0 Å². The third-order valence-corrected chi connectivity index (χ3v) is 4.74. The molecule has 136 valence electrons. The van der Waals surface area contributed by atoms with Gasteiger partial charge in [0.2, 0.25) is 0 Å². The van der Waals surface area contributed by atoms with E-state index in [0.717, 1.165) is 24.8 Å². The smallest absolute Gasteiger partial charge is 0.194 e. The van der Waals surface area contributed by atoms with Crippen molar-refractivity contribution in [3.63, 3.8) is 0 Å². The molecular formula is C22H36O2. The van der Waals surface area contributed by atoms with Crippen LogP contribution in [0, 0.1) is 0 Å². The van der Waals surface area contributed by atoms with Gasteiger partial charge in [0.05, 0.1) is 0 Å². The Kier molecular flexibility index (Phi) is 9.28. The van der Waals surface area contributed by atoms with Gasteiger partial charge >= 0.3 is 0 Å². The fourth-order valence-corrected chi connectivity index (χ4v) is 3.36. The van der Waals surface area contributed by atoms with Crippen molar-refractivity contribution in [2.24, 2.45) is 0 Å². The van der Waals surface area contributed by atoms with Crippen molar-refractivity contribution in [3.05, 3.63) is 35.4 Å². The molecule has 2 heteroatoms. The fourth-order valence-electron chi connectivity index (χ4n) is 3.36. The number of hydrogen-bond donors (Lipinski definition) is 1. The lowest BCUT2D eigenvalue weighted by Gasteiger charge is -2.23. The summed E-state index contributed by atoms with van der Waals surface area (Å²) in [4.78, 5) is 12.6. The van der Waals surface area contributed by atoms with E-state index in [4.69, 9.17) is 0 Å². The predicted octanol–water partition coefficient (Wildman–Crippen LogP) is 6.27. The molecule has 0 aromatic heterocycles. The molecule has 1 unspecified atom stereocenters. The molecule has 1 aromatic carbocycles. The number of Topliss-reactive ketones (excluding diaryl/α,β-unsaturated/α-hetero) is 1. The molecule has 0 saturated carbocycles. The van der Waals surface area contributed by atoms with Crippen LogP contribution in [-0.4, -0.2) is 16.5 Å². The molecule has 0 saturated heterocycles. The van der Waals surface area contributed by atoms with E-state index in [9.17, 15) is 9.90 Å². The van der Waals surface area contributed by atoms with Gasteiger partial charge in [0, 0.05) is 5.56 Å². The Morgan fingerprint density at radius 2 is 1.58 bits per heavy atom. The zero-order valence-corrected chi connectivity index (χ0v) is 16.1. The number of carbonyl (C=O) groups is 1. The minimum atomic E-state index is -1.31. The van der Waals surface area contributed by atoms with E-state index >= 15 is 0 Å². The first-order valence-electron chi connectivity index (χ1n) is 9.77. The second-order valence-electron chi connectivity index (χ2n) is 7.52. The van der Waals surface area contributed by atoms with Crippen LogP contribution < -0.4 is 0 Å². The van der Waals surface area contributed by atoms with E-state index < -0.39 is 5.60 Å². The molecule has 0 aliphatic rings. The van der Waals surface area contributed by atoms with Crippen LogP contribution in [0.15, 0.2) is 24.3 Å². The molecule has 0 fully saturated rings. The van der Waals surface area contributed by atoms with Crippen molar-refractivity contribution in [2.45, 2.75) is 97.0 Å². The van der Waals surface area contributed by atoms with Gasteiger partial charge < -0.3 is 5.11 Å². The third-order valence-electron chi connectivity index (χ3n) is 4.74. The van der Waals surface area contributed by atoms with Gasteiger partial charge in [-0.15, -0.1) is 0 Å². The molecule has 1 atom stereocenters. The van der Waals surface area contributed by atoms with Crippen LogP contribution in [0.3, 0.4) is 0 Å². The number of ketones is 1. The van der Waals surface area contributed by atoms with Crippen molar-refractivity contribution in [2.75, 3.05) is 0 Å². The molecule has 0 spiro atoms. The standard InChI is InChI=1S/C22H36O2/c1-5-7-8-9-10-11-15-18(14-6-2)19-16-12-13-17-20(19)21(23)22(3,4)24/h12-13,16-18,24H,5-11,14-15H2,1-4H3. The second kappa shape index (κ2) is 10.7. The first-order chi connectivity index (χ1) is 11.4. The molecule has 0 heterocycles. The van der Waals surface area contributed by atoms with Crippen molar-refractivity contribution in [3.8, 4) is 0 Å². The number of hydrogen-bond acceptors (Lipinski definition) is 2. The molecule has 1 rings (SSSR count). The number of benzene rings is 1. The first-order valence-corrected chi connectivity index (χ1v) is 9.77. The lowest BCUT2D eigenvalue weighted by molar-refractivity contribution is 0.0486. The van der Waals surface area contributed by atoms with Crippen molar-refractivity contribution >= 4 is 5.78 Å². The Morgan fingerprint density at radius 3 is 2.21 bits per heavy atom. The summed E-state index contributed by atoms with van der Waals surface area (Å²) in [6.07, 6.45) is 11.1. The maximum Gasteiger partial charge on any atom is 0.194 e. The Balaban J connectivity index is 2.79. The minimum absolute atomic E-state index is 0.165.